The second-order valence-electron chi connectivity index (χ2n) is 6.58. The predicted molar refractivity (Wildman–Crippen MR) is 104 cm³/mol. The number of carbonyl (C=O) groups is 1. The molecule has 146 valence electrons. The van der Waals surface area contributed by atoms with Crippen LogP contribution in [0.5, 0.6) is 5.75 Å². The molecule has 0 aliphatic carbocycles. The Morgan fingerprint density at radius 2 is 1.56 bits per heavy atom. The lowest BCUT2D eigenvalue weighted by Gasteiger charge is -2.26. The van der Waals surface area contributed by atoms with Gasteiger partial charge in [0.2, 0.25) is 5.91 Å². The fraction of sp³-hybridized carbons (Fsp3) is 0.350. The summed E-state index contributed by atoms with van der Waals surface area (Å²) in [6.45, 7) is 5.30. The summed E-state index contributed by atoms with van der Waals surface area (Å²) in [4.78, 5) is 12.7. The zero-order valence-electron chi connectivity index (χ0n) is 15.9. The summed E-state index contributed by atoms with van der Waals surface area (Å²) < 4.78 is 35.6. The number of nitrogens with one attached hydrogen (secondary N) is 1. The van der Waals surface area contributed by atoms with Crippen LogP contribution in [0.1, 0.15) is 20.8 Å². The molecule has 2 aromatic rings. The number of hydrogen-bond acceptors (Lipinski definition) is 5. The molecule has 6 nitrogen and oxygen atoms in total. The fourth-order valence-electron chi connectivity index (χ4n) is 2.64. The van der Waals surface area contributed by atoms with Crippen molar-refractivity contribution in [3.8, 4) is 5.75 Å². The van der Waals surface area contributed by atoms with E-state index in [0.29, 0.717) is 11.4 Å². The van der Waals surface area contributed by atoms with Crippen LogP contribution in [-0.2, 0) is 19.1 Å². The van der Waals surface area contributed by atoms with Crippen molar-refractivity contribution in [2.24, 2.45) is 11.8 Å². The van der Waals surface area contributed by atoms with E-state index in [-0.39, 0.29) is 16.7 Å². The van der Waals surface area contributed by atoms with Crippen molar-refractivity contribution in [1.29, 1.82) is 0 Å². The molecule has 2 aromatic carbocycles. The summed E-state index contributed by atoms with van der Waals surface area (Å²) in [6, 6.07) is 14.8. The van der Waals surface area contributed by atoms with Gasteiger partial charge < -0.3 is 10.1 Å². The van der Waals surface area contributed by atoms with Gasteiger partial charge in [-0.25, -0.2) is 0 Å². The van der Waals surface area contributed by atoms with Crippen molar-refractivity contribution in [2.75, 3.05) is 12.4 Å². The maximum atomic E-state index is 12.6. The third kappa shape index (κ3) is 5.55. The van der Waals surface area contributed by atoms with Gasteiger partial charge in [0.15, 0.2) is 0 Å². The molecule has 0 heterocycles. The quantitative estimate of drug-likeness (QED) is 0.694. The van der Waals surface area contributed by atoms with E-state index < -0.39 is 22.1 Å². The number of hydrogen-bond donors (Lipinski definition) is 1. The zero-order valence-corrected chi connectivity index (χ0v) is 16.7. The van der Waals surface area contributed by atoms with Crippen molar-refractivity contribution in [2.45, 2.75) is 31.8 Å². The summed E-state index contributed by atoms with van der Waals surface area (Å²) in [5.41, 5.74) is 0.598. The molecular weight excluding hydrogens is 366 g/mol. The van der Waals surface area contributed by atoms with E-state index in [1.807, 2.05) is 13.8 Å². The number of carbonyl (C=O) groups excluding carboxylic acids is 1. The third-order valence-electron chi connectivity index (χ3n) is 4.19. The van der Waals surface area contributed by atoms with E-state index in [1.165, 1.54) is 12.1 Å². The van der Waals surface area contributed by atoms with Gasteiger partial charge in [-0.2, -0.15) is 8.42 Å². The molecule has 0 aliphatic heterocycles. The number of rotatable bonds is 8. The lowest BCUT2D eigenvalue weighted by atomic mass is 9.94. The molecule has 0 radical (unpaired) electrons. The number of amides is 1. The molecule has 0 saturated carbocycles. The molecular formula is C20H25NO5S. The maximum Gasteiger partial charge on any atom is 0.297 e. The number of ether oxygens (including phenoxy) is 1. The van der Waals surface area contributed by atoms with E-state index >= 15 is 0 Å². The molecule has 0 aromatic heterocycles. The topological polar surface area (TPSA) is 81.7 Å². The highest BCUT2D eigenvalue weighted by Gasteiger charge is 2.32. The number of methoxy groups -OCH3 is 1. The predicted octanol–water partition coefficient (Wildman–Crippen LogP) is 3.70. The van der Waals surface area contributed by atoms with Gasteiger partial charge >= 0.3 is 0 Å². The third-order valence-corrected chi connectivity index (χ3v) is 5.52. The van der Waals surface area contributed by atoms with Gasteiger partial charge in [0.1, 0.15) is 5.75 Å². The highest BCUT2D eigenvalue weighted by Crippen LogP contribution is 2.24. The monoisotopic (exact) mass is 391 g/mol. The molecule has 1 amide bonds. The smallest absolute Gasteiger partial charge is 0.297 e. The first-order chi connectivity index (χ1) is 12.7. The molecule has 27 heavy (non-hydrogen) atoms. The SMILES string of the molecule is COc1ccc(NC(=O)[C@@H](C)[C@@H](OS(=O)(=O)c2ccccc2)C(C)C)cc1. The van der Waals surface area contributed by atoms with Crippen LogP contribution in [0.15, 0.2) is 59.5 Å². The first-order valence-corrected chi connectivity index (χ1v) is 10.1. The average molecular weight is 391 g/mol. The maximum absolute atomic E-state index is 12.6. The highest BCUT2D eigenvalue weighted by atomic mass is 32.2. The molecule has 1 N–H and O–H groups in total. The average Bonchev–Trinajstić information content (AvgIpc) is 2.66. The highest BCUT2D eigenvalue weighted by molar-refractivity contribution is 7.86. The van der Waals surface area contributed by atoms with Gasteiger partial charge in [-0.15, -0.1) is 0 Å². The molecule has 0 spiro atoms. The van der Waals surface area contributed by atoms with Crippen LogP contribution in [-0.4, -0.2) is 27.5 Å². The van der Waals surface area contributed by atoms with E-state index in [4.69, 9.17) is 8.92 Å². The second-order valence-corrected chi connectivity index (χ2v) is 8.15. The van der Waals surface area contributed by atoms with Gasteiger partial charge in [0, 0.05) is 5.69 Å². The minimum absolute atomic E-state index is 0.0680. The van der Waals surface area contributed by atoms with E-state index in [0.717, 1.165) is 0 Å². The minimum Gasteiger partial charge on any atom is -0.497 e. The molecule has 7 heteroatoms. The van der Waals surface area contributed by atoms with Crippen molar-refractivity contribution in [3.63, 3.8) is 0 Å². The van der Waals surface area contributed by atoms with E-state index in [1.54, 1.807) is 56.5 Å². The van der Waals surface area contributed by atoms with Gasteiger partial charge in [-0.05, 0) is 42.3 Å². The van der Waals surface area contributed by atoms with Gasteiger partial charge in [0.05, 0.1) is 24.0 Å². The second kappa shape index (κ2) is 9.01. The summed E-state index contributed by atoms with van der Waals surface area (Å²) in [6.07, 6.45) is -0.798. The first kappa shape index (κ1) is 20.9. The summed E-state index contributed by atoms with van der Waals surface area (Å²) in [5.74, 6) is -0.494. The standard InChI is InChI=1S/C20H25NO5S/c1-14(2)19(26-27(23,24)18-8-6-5-7-9-18)15(3)20(22)21-16-10-12-17(25-4)13-11-16/h5-15,19H,1-4H3,(H,21,22)/t15-,19-/m0/s1. The molecule has 0 bridgehead atoms. The largest absolute Gasteiger partial charge is 0.497 e. The summed E-state index contributed by atoms with van der Waals surface area (Å²) in [7, 11) is -2.40. The van der Waals surface area contributed by atoms with Crippen LogP contribution in [0.4, 0.5) is 5.69 Å². The Hall–Kier alpha value is -2.38. The van der Waals surface area contributed by atoms with E-state index in [2.05, 4.69) is 5.32 Å². The van der Waals surface area contributed by atoms with Gasteiger partial charge in [-0.1, -0.05) is 39.0 Å². The summed E-state index contributed by atoms with van der Waals surface area (Å²) in [5, 5.41) is 2.78. The lowest BCUT2D eigenvalue weighted by Crippen LogP contribution is -2.37. The van der Waals surface area contributed by atoms with Crippen molar-refractivity contribution in [3.05, 3.63) is 54.6 Å². The summed E-state index contributed by atoms with van der Waals surface area (Å²) >= 11 is 0. The Balaban J connectivity index is 2.13. The van der Waals surface area contributed by atoms with Crippen LogP contribution in [0, 0.1) is 11.8 Å². The molecule has 0 unspecified atom stereocenters. The number of anilines is 1. The lowest BCUT2D eigenvalue weighted by molar-refractivity contribution is -0.122. The molecule has 2 atom stereocenters. The Bertz CT molecular complexity index is 848. The molecule has 0 saturated heterocycles. The van der Waals surface area contributed by atoms with Crippen LogP contribution >= 0.6 is 0 Å². The molecule has 2 rings (SSSR count). The van der Waals surface area contributed by atoms with Crippen LogP contribution in [0.25, 0.3) is 0 Å². The van der Waals surface area contributed by atoms with Crippen molar-refractivity contribution in [1.82, 2.24) is 0 Å². The normalized spacial score (nSPS) is 13.8. The molecule has 0 fully saturated rings. The Labute approximate surface area is 160 Å². The van der Waals surface area contributed by atoms with Crippen molar-refractivity contribution < 1.29 is 22.1 Å². The van der Waals surface area contributed by atoms with Crippen LogP contribution in [0.2, 0.25) is 0 Å². The number of benzene rings is 2. The van der Waals surface area contributed by atoms with Crippen LogP contribution < -0.4 is 10.1 Å². The van der Waals surface area contributed by atoms with Gasteiger partial charge in [0.25, 0.3) is 10.1 Å². The first-order valence-electron chi connectivity index (χ1n) is 8.68. The Morgan fingerprint density at radius 3 is 2.07 bits per heavy atom. The Morgan fingerprint density at radius 1 is 0.963 bits per heavy atom. The minimum atomic E-state index is -3.96. The fourth-order valence-corrected chi connectivity index (χ4v) is 3.92. The van der Waals surface area contributed by atoms with Gasteiger partial charge in [-0.3, -0.25) is 8.98 Å². The van der Waals surface area contributed by atoms with E-state index in [9.17, 15) is 13.2 Å². The van der Waals surface area contributed by atoms with Crippen LogP contribution in [0.3, 0.4) is 0 Å². The van der Waals surface area contributed by atoms with Crippen molar-refractivity contribution >= 4 is 21.7 Å². The zero-order chi connectivity index (χ0) is 20.0. The Kier molecular flexibility index (Phi) is 6.98. The molecule has 0 aliphatic rings.